The maximum Gasteiger partial charge on any atom is 0.302 e. The smallest absolute Gasteiger partial charge is 0.302 e. The second-order valence-corrected chi connectivity index (χ2v) is 4.11. The minimum Gasteiger partial charge on any atom is -0.439 e. The number of aryl methyl sites for hydroxylation is 1. The van der Waals surface area contributed by atoms with E-state index in [4.69, 9.17) is 10.2 Å². The fraction of sp³-hybridized carbons (Fsp3) is 0.111. The summed E-state index contributed by atoms with van der Waals surface area (Å²) in [7, 11) is 0. The Labute approximate surface area is 100 Å². The molecule has 0 saturated heterocycles. The molecule has 0 aliphatic heterocycles. The van der Waals surface area contributed by atoms with Crippen molar-refractivity contribution >= 4 is 23.3 Å². The summed E-state index contributed by atoms with van der Waals surface area (Å²) >= 11 is 0.967. The first kappa shape index (κ1) is 11.4. The van der Waals surface area contributed by atoms with E-state index in [1.165, 1.54) is 18.4 Å². The van der Waals surface area contributed by atoms with Crippen LogP contribution in [0.4, 0.5) is 11.5 Å². The van der Waals surface area contributed by atoms with E-state index in [0.29, 0.717) is 10.9 Å². The van der Waals surface area contributed by atoms with Crippen LogP contribution in [-0.4, -0.2) is 14.9 Å². The van der Waals surface area contributed by atoms with E-state index in [1.54, 1.807) is 6.92 Å². The summed E-state index contributed by atoms with van der Waals surface area (Å²) in [5.41, 5.74) is 6.06. The minimum atomic E-state index is -0.523. The van der Waals surface area contributed by atoms with Crippen LogP contribution in [0, 0.1) is 17.0 Å². The van der Waals surface area contributed by atoms with Gasteiger partial charge in [0.2, 0.25) is 0 Å². The number of aromatic nitrogens is 2. The number of oxazole rings is 1. The molecule has 0 aliphatic rings. The number of nitro groups is 1. The van der Waals surface area contributed by atoms with E-state index < -0.39 is 4.92 Å². The molecule has 0 amide bonds. The molecule has 7 nitrogen and oxygen atoms in total. The van der Waals surface area contributed by atoms with Gasteiger partial charge in [0.25, 0.3) is 5.22 Å². The van der Waals surface area contributed by atoms with Crippen molar-refractivity contribution in [3.8, 4) is 0 Å². The standard InChI is InChI=1S/C9H8N4O3S/c1-5-4-16-9(11-5)17-8-6(13(14)15)2-3-7(10)12-8/h2-4H,1H3,(H2,10,12). The van der Waals surface area contributed by atoms with Crippen LogP contribution in [0.5, 0.6) is 0 Å². The topological polar surface area (TPSA) is 108 Å². The maximum atomic E-state index is 10.8. The van der Waals surface area contributed by atoms with Crippen LogP contribution in [0.25, 0.3) is 0 Å². The molecule has 0 bridgehead atoms. The van der Waals surface area contributed by atoms with Crippen LogP contribution in [0.3, 0.4) is 0 Å². The zero-order valence-electron chi connectivity index (χ0n) is 8.78. The Morgan fingerprint density at radius 1 is 1.47 bits per heavy atom. The number of hydrogen-bond donors (Lipinski definition) is 1. The van der Waals surface area contributed by atoms with Crippen molar-refractivity contribution in [3.05, 3.63) is 34.2 Å². The van der Waals surface area contributed by atoms with Gasteiger partial charge in [-0.15, -0.1) is 0 Å². The van der Waals surface area contributed by atoms with E-state index in [-0.39, 0.29) is 16.5 Å². The monoisotopic (exact) mass is 252 g/mol. The van der Waals surface area contributed by atoms with Gasteiger partial charge in [-0.3, -0.25) is 10.1 Å². The fourth-order valence-corrected chi connectivity index (χ4v) is 1.97. The predicted molar refractivity (Wildman–Crippen MR) is 60.7 cm³/mol. The number of hydrogen-bond acceptors (Lipinski definition) is 7. The van der Waals surface area contributed by atoms with Crippen molar-refractivity contribution in [3.63, 3.8) is 0 Å². The lowest BCUT2D eigenvalue weighted by Crippen LogP contribution is -1.97. The van der Waals surface area contributed by atoms with Crippen LogP contribution in [0.2, 0.25) is 0 Å². The SMILES string of the molecule is Cc1coc(Sc2nc(N)ccc2[N+](=O)[O-])n1. The second-order valence-electron chi connectivity index (χ2n) is 3.17. The highest BCUT2D eigenvalue weighted by Crippen LogP contribution is 2.33. The van der Waals surface area contributed by atoms with Gasteiger partial charge in [-0.05, 0) is 24.8 Å². The Bertz CT molecular complexity index is 569. The van der Waals surface area contributed by atoms with Crippen LogP contribution in [0.15, 0.2) is 33.1 Å². The van der Waals surface area contributed by atoms with Gasteiger partial charge >= 0.3 is 5.69 Å². The molecule has 2 heterocycles. The Hall–Kier alpha value is -2.09. The van der Waals surface area contributed by atoms with E-state index in [9.17, 15) is 10.1 Å². The zero-order valence-corrected chi connectivity index (χ0v) is 9.60. The van der Waals surface area contributed by atoms with Crippen molar-refractivity contribution in [2.24, 2.45) is 0 Å². The summed E-state index contributed by atoms with van der Waals surface area (Å²) < 4.78 is 5.09. The average molecular weight is 252 g/mol. The van der Waals surface area contributed by atoms with Crippen molar-refractivity contribution < 1.29 is 9.34 Å². The molecule has 8 heteroatoms. The van der Waals surface area contributed by atoms with Crippen molar-refractivity contribution in [2.45, 2.75) is 17.2 Å². The highest BCUT2D eigenvalue weighted by atomic mass is 32.2. The number of nitrogens with two attached hydrogens (primary N) is 1. The maximum absolute atomic E-state index is 10.8. The molecule has 2 N–H and O–H groups in total. The highest BCUT2D eigenvalue weighted by molar-refractivity contribution is 7.99. The summed E-state index contributed by atoms with van der Waals surface area (Å²) in [6.07, 6.45) is 1.46. The second kappa shape index (κ2) is 4.42. The molecule has 0 saturated carbocycles. The lowest BCUT2D eigenvalue weighted by atomic mass is 10.4. The molecule has 88 valence electrons. The van der Waals surface area contributed by atoms with E-state index >= 15 is 0 Å². The number of pyridine rings is 1. The number of rotatable bonds is 3. The van der Waals surface area contributed by atoms with E-state index in [0.717, 1.165) is 11.8 Å². The largest absolute Gasteiger partial charge is 0.439 e. The van der Waals surface area contributed by atoms with Gasteiger partial charge in [-0.25, -0.2) is 9.97 Å². The lowest BCUT2D eigenvalue weighted by molar-refractivity contribution is -0.388. The first-order chi connectivity index (χ1) is 8.06. The number of anilines is 1. The zero-order chi connectivity index (χ0) is 12.4. The Morgan fingerprint density at radius 2 is 2.24 bits per heavy atom. The van der Waals surface area contributed by atoms with Gasteiger partial charge in [-0.2, -0.15) is 0 Å². The van der Waals surface area contributed by atoms with Crippen molar-refractivity contribution in [1.29, 1.82) is 0 Å². The molecule has 0 aromatic carbocycles. The molecule has 0 aliphatic carbocycles. The van der Waals surface area contributed by atoms with Crippen LogP contribution in [0.1, 0.15) is 5.69 Å². The molecule has 0 radical (unpaired) electrons. The summed E-state index contributed by atoms with van der Waals surface area (Å²) in [5, 5.41) is 11.2. The normalized spacial score (nSPS) is 10.4. The van der Waals surface area contributed by atoms with Crippen molar-refractivity contribution in [1.82, 2.24) is 9.97 Å². The molecule has 2 aromatic rings. The van der Waals surface area contributed by atoms with Crippen LogP contribution < -0.4 is 5.73 Å². The first-order valence-electron chi connectivity index (χ1n) is 4.57. The summed E-state index contributed by atoms with van der Waals surface area (Å²) in [6, 6.07) is 2.68. The van der Waals surface area contributed by atoms with Crippen molar-refractivity contribution in [2.75, 3.05) is 5.73 Å². The third kappa shape index (κ3) is 2.53. The summed E-state index contributed by atoms with van der Waals surface area (Å²) in [5.74, 6) is 0.210. The third-order valence-corrected chi connectivity index (χ3v) is 2.70. The molecule has 17 heavy (non-hydrogen) atoms. The molecular weight excluding hydrogens is 244 g/mol. The van der Waals surface area contributed by atoms with Gasteiger partial charge in [0.1, 0.15) is 12.1 Å². The highest BCUT2D eigenvalue weighted by Gasteiger charge is 2.18. The van der Waals surface area contributed by atoms with Gasteiger partial charge in [0.15, 0.2) is 5.03 Å². The van der Waals surface area contributed by atoms with E-state index in [1.807, 2.05) is 0 Å². The van der Waals surface area contributed by atoms with Gasteiger partial charge in [-0.1, -0.05) is 0 Å². The molecule has 2 rings (SSSR count). The minimum absolute atomic E-state index is 0.125. The average Bonchev–Trinajstić information content (AvgIpc) is 2.63. The Kier molecular flexibility index (Phi) is 2.96. The first-order valence-corrected chi connectivity index (χ1v) is 5.39. The molecular formula is C9H8N4O3S. The molecule has 0 spiro atoms. The summed E-state index contributed by atoms with van der Waals surface area (Å²) in [6.45, 7) is 1.76. The van der Waals surface area contributed by atoms with Gasteiger partial charge < -0.3 is 10.2 Å². The number of nitrogen functional groups attached to an aromatic ring is 1. The Morgan fingerprint density at radius 3 is 2.82 bits per heavy atom. The van der Waals surface area contributed by atoms with E-state index in [2.05, 4.69) is 9.97 Å². The van der Waals surface area contributed by atoms with Gasteiger partial charge in [0.05, 0.1) is 10.6 Å². The predicted octanol–water partition coefficient (Wildman–Crippen LogP) is 2.02. The van der Waals surface area contributed by atoms with Gasteiger partial charge in [0, 0.05) is 6.07 Å². The number of nitrogens with zero attached hydrogens (tertiary/aromatic N) is 3. The van der Waals surface area contributed by atoms with Crippen LogP contribution >= 0.6 is 11.8 Å². The molecule has 0 atom stereocenters. The quantitative estimate of drug-likeness (QED) is 0.657. The fourth-order valence-electron chi connectivity index (χ4n) is 1.12. The molecule has 0 fully saturated rings. The molecule has 0 unspecified atom stereocenters. The summed E-state index contributed by atoms with van der Waals surface area (Å²) in [4.78, 5) is 18.2. The third-order valence-electron chi connectivity index (χ3n) is 1.84. The molecule has 2 aromatic heterocycles. The lowest BCUT2D eigenvalue weighted by Gasteiger charge is -1.99. The van der Waals surface area contributed by atoms with Crippen LogP contribution in [-0.2, 0) is 0 Å². The Balaban J connectivity index is 2.37.